The van der Waals surface area contributed by atoms with E-state index in [0.29, 0.717) is 0 Å². The van der Waals surface area contributed by atoms with Gasteiger partial charge in [0.15, 0.2) is 0 Å². The molecule has 2 heterocycles. The van der Waals surface area contributed by atoms with Gasteiger partial charge >= 0.3 is 0 Å². The van der Waals surface area contributed by atoms with E-state index in [4.69, 9.17) is 0 Å². The van der Waals surface area contributed by atoms with E-state index >= 15 is 0 Å². The van der Waals surface area contributed by atoms with Gasteiger partial charge in [-0.3, -0.25) is 0 Å². The molecule has 1 unspecified atom stereocenters. The van der Waals surface area contributed by atoms with Crippen LogP contribution in [-0.4, -0.2) is 25.7 Å². The Morgan fingerprint density at radius 2 is 2.14 bits per heavy atom. The first-order chi connectivity index (χ1) is 10.3. The first-order valence-corrected chi connectivity index (χ1v) is 8.61. The summed E-state index contributed by atoms with van der Waals surface area (Å²) in [4.78, 5) is 5.78. The molecule has 2 aromatic heterocycles. The molecule has 6 heteroatoms. The van der Waals surface area contributed by atoms with Crippen molar-refractivity contribution >= 4 is 11.5 Å². The molecule has 2 aromatic rings. The summed E-state index contributed by atoms with van der Waals surface area (Å²) in [6.45, 7) is 8.48. The lowest BCUT2D eigenvalue weighted by atomic mass is 10.1. The van der Waals surface area contributed by atoms with Crippen molar-refractivity contribution in [2.75, 3.05) is 6.54 Å². The topological polar surface area (TPSA) is 55.6 Å². The number of imidazole rings is 1. The van der Waals surface area contributed by atoms with Gasteiger partial charge in [-0.05, 0) is 37.8 Å². The van der Waals surface area contributed by atoms with Gasteiger partial charge in [-0.15, -0.1) is 5.10 Å². The van der Waals surface area contributed by atoms with E-state index in [1.54, 1.807) is 0 Å². The molecule has 21 heavy (non-hydrogen) atoms. The van der Waals surface area contributed by atoms with Gasteiger partial charge in [-0.2, -0.15) is 0 Å². The first kappa shape index (κ1) is 16.1. The third kappa shape index (κ3) is 4.11. The van der Waals surface area contributed by atoms with Crippen LogP contribution in [0.15, 0.2) is 12.4 Å². The molecule has 0 amide bonds. The Bertz CT molecular complexity index is 534. The maximum absolute atomic E-state index is 4.51. The van der Waals surface area contributed by atoms with Crippen molar-refractivity contribution in [2.24, 2.45) is 0 Å². The van der Waals surface area contributed by atoms with E-state index in [1.807, 2.05) is 12.4 Å². The lowest BCUT2D eigenvalue weighted by Crippen LogP contribution is -2.25. The molecule has 0 saturated heterocycles. The Hall–Kier alpha value is -1.27. The summed E-state index contributed by atoms with van der Waals surface area (Å²) in [5, 5.41) is 7.95. The van der Waals surface area contributed by atoms with Gasteiger partial charge in [0, 0.05) is 25.4 Å². The number of nitrogens with one attached hydrogen (secondary N) is 1. The highest BCUT2D eigenvalue weighted by atomic mass is 32.1. The molecular formula is C15H25N5S. The van der Waals surface area contributed by atoms with Crippen LogP contribution < -0.4 is 5.32 Å². The Balaban J connectivity index is 2.19. The maximum atomic E-state index is 4.51. The smallest absolute Gasteiger partial charge is 0.110 e. The van der Waals surface area contributed by atoms with Gasteiger partial charge in [0.25, 0.3) is 0 Å². The summed E-state index contributed by atoms with van der Waals surface area (Å²) in [7, 11) is 0. The van der Waals surface area contributed by atoms with Crippen molar-refractivity contribution in [3.63, 3.8) is 0 Å². The van der Waals surface area contributed by atoms with Crippen LogP contribution in [0.5, 0.6) is 0 Å². The largest absolute Gasteiger partial charge is 0.335 e. The SMILES string of the molecule is CCCNC(Cc1nccn1CC)c1snnc1CCC. The van der Waals surface area contributed by atoms with Gasteiger partial charge in [0.2, 0.25) is 0 Å². The molecule has 0 radical (unpaired) electrons. The average molecular weight is 307 g/mol. The molecule has 0 aliphatic rings. The third-order valence-electron chi connectivity index (χ3n) is 3.56. The number of hydrogen-bond donors (Lipinski definition) is 1. The van der Waals surface area contributed by atoms with E-state index < -0.39 is 0 Å². The lowest BCUT2D eigenvalue weighted by molar-refractivity contribution is 0.508. The number of rotatable bonds is 9. The molecular weight excluding hydrogens is 282 g/mol. The van der Waals surface area contributed by atoms with E-state index in [9.17, 15) is 0 Å². The second-order valence-electron chi connectivity index (χ2n) is 5.17. The molecule has 0 saturated carbocycles. The fourth-order valence-corrected chi connectivity index (χ4v) is 3.24. The second kappa shape index (κ2) is 8.24. The van der Waals surface area contributed by atoms with Crippen LogP contribution in [-0.2, 0) is 19.4 Å². The Morgan fingerprint density at radius 1 is 1.29 bits per heavy atom. The molecule has 5 nitrogen and oxygen atoms in total. The normalized spacial score (nSPS) is 12.7. The van der Waals surface area contributed by atoms with Crippen molar-refractivity contribution in [2.45, 2.75) is 59.0 Å². The van der Waals surface area contributed by atoms with Crippen molar-refractivity contribution in [1.82, 2.24) is 24.5 Å². The third-order valence-corrected chi connectivity index (χ3v) is 4.44. The Kier molecular flexibility index (Phi) is 6.32. The summed E-state index contributed by atoms with van der Waals surface area (Å²) in [6, 6.07) is 0.263. The second-order valence-corrected chi connectivity index (χ2v) is 5.96. The number of aryl methyl sites for hydroxylation is 2. The quantitative estimate of drug-likeness (QED) is 0.774. The molecule has 0 aliphatic carbocycles. The van der Waals surface area contributed by atoms with Crippen LogP contribution in [0.3, 0.4) is 0 Å². The van der Waals surface area contributed by atoms with E-state index in [-0.39, 0.29) is 6.04 Å². The molecule has 0 aliphatic heterocycles. The zero-order chi connectivity index (χ0) is 15.1. The molecule has 0 aromatic carbocycles. The van der Waals surface area contributed by atoms with Crippen molar-refractivity contribution in [3.05, 3.63) is 28.8 Å². The monoisotopic (exact) mass is 307 g/mol. The van der Waals surface area contributed by atoms with E-state index in [2.05, 4.69) is 45.2 Å². The molecule has 2 rings (SSSR count). The number of nitrogens with zero attached hydrogens (tertiary/aromatic N) is 4. The van der Waals surface area contributed by atoms with Gasteiger partial charge in [0.05, 0.1) is 16.6 Å². The van der Waals surface area contributed by atoms with Crippen LogP contribution in [0.2, 0.25) is 0 Å². The van der Waals surface area contributed by atoms with Crippen molar-refractivity contribution < 1.29 is 0 Å². The van der Waals surface area contributed by atoms with Crippen LogP contribution in [0.25, 0.3) is 0 Å². The fraction of sp³-hybridized carbons (Fsp3) is 0.667. The summed E-state index contributed by atoms with van der Waals surface area (Å²) < 4.78 is 6.37. The van der Waals surface area contributed by atoms with Crippen LogP contribution in [0.4, 0.5) is 0 Å². The van der Waals surface area contributed by atoms with E-state index in [0.717, 1.165) is 50.3 Å². The van der Waals surface area contributed by atoms with Crippen LogP contribution >= 0.6 is 11.5 Å². The molecule has 0 fully saturated rings. The number of hydrogen-bond acceptors (Lipinski definition) is 5. The molecule has 116 valence electrons. The molecule has 0 bridgehead atoms. The Morgan fingerprint density at radius 3 is 2.86 bits per heavy atom. The maximum Gasteiger partial charge on any atom is 0.110 e. The predicted molar refractivity (Wildman–Crippen MR) is 86.5 cm³/mol. The summed E-state index contributed by atoms with van der Waals surface area (Å²) >= 11 is 1.52. The first-order valence-electron chi connectivity index (χ1n) is 7.84. The van der Waals surface area contributed by atoms with Crippen LogP contribution in [0.1, 0.15) is 56.1 Å². The standard InChI is InChI=1S/C15H25N5S/c1-4-7-12-15(21-19-18-12)13(16-8-5-2)11-14-17-9-10-20(14)6-3/h9-10,13,16H,4-8,11H2,1-3H3. The van der Waals surface area contributed by atoms with Gasteiger partial charge in [0.1, 0.15) is 5.82 Å². The van der Waals surface area contributed by atoms with Gasteiger partial charge in [-0.25, -0.2) is 4.98 Å². The average Bonchev–Trinajstić information content (AvgIpc) is 3.12. The summed E-state index contributed by atoms with van der Waals surface area (Å²) in [6.07, 6.45) is 8.04. The van der Waals surface area contributed by atoms with Gasteiger partial charge < -0.3 is 9.88 Å². The molecule has 1 N–H and O–H groups in total. The van der Waals surface area contributed by atoms with Crippen molar-refractivity contribution in [1.29, 1.82) is 0 Å². The highest BCUT2D eigenvalue weighted by molar-refractivity contribution is 7.05. The van der Waals surface area contributed by atoms with Crippen molar-refractivity contribution in [3.8, 4) is 0 Å². The summed E-state index contributed by atoms with van der Waals surface area (Å²) in [5.74, 6) is 1.13. The lowest BCUT2D eigenvalue weighted by Gasteiger charge is -2.18. The minimum atomic E-state index is 0.263. The predicted octanol–water partition coefficient (Wildman–Crippen LogP) is 2.99. The highest BCUT2D eigenvalue weighted by Crippen LogP contribution is 2.24. The molecule has 1 atom stereocenters. The zero-order valence-electron chi connectivity index (χ0n) is 13.2. The highest BCUT2D eigenvalue weighted by Gasteiger charge is 2.20. The van der Waals surface area contributed by atoms with E-state index in [1.165, 1.54) is 16.4 Å². The minimum Gasteiger partial charge on any atom is -0.335 e. The van der Waals surface area contributed by atoms with Gasteiger partial charge in [-0.1, -0.05) is 24.8 Å². The fourth-order valence-electron chi connectivity index (χ4n) is 2.47. The molecule has 0 spiro atoms. The summed E-state index contributed by atoms with van der Waals surface area (Å²) in [5.41, 5.74) is 1.14. The Labute approximate surface area is 131 Å². The number of aromatic nitrogens is 4. The minimum absolute atomic E-state index is 0.263. The van der Waals surface area contributed by atoms with Crippen LogP contribution in [0, 0.1) is 0 Å². The zero-order valence-corrected chi connectivity index (χ0v) is 14.0.